The monoisotopic (exact) mass is 350 g/mol. The zero-order valence-corrected chi connectivity index (χ0v) is 12.4. The largest absolute Gasteiger partial charge is 0.461 e. The molecule has 1 rings (SSSR count). The Morgan fingerprint density at radius 1 is 1.50 bits per heavy atom. The molecular weight excluding hydrogens is 342 g/mol. The molecule has 11 heteroatoms. The van der Waals surface area contributed by atoms with Crippen LogP contribution in [0.15, 0.2) is 5.38 Å². The first-order valence-electron chi connectivity index (χ1n) is 5.12. The predicted octanol–water partition coefficient (Wildman–Crippen LogP) is 2.78. The number of hydrogen-bond acceptors (Lipinski definition) is 7. The highest BCUT2D eigenvalue weighted by Crippen LogP contribution is 2.40. The molecule has 0 amide bonds. The molecule has 1 heterocycles. The summed E-state index contributed by atoms with van der Waals surface area (Å²) in [5.74, 6) is -2.25. The number of thiophene rings is 1. The maximum Gasteiger partial charge on any atom is 0.401 e. The number of alkyl halides is 2. The van der Waals surface area contributed by atoms with Gasteiger partial charge in [-0.25, -0.2) is 4.79 Å². The molecule has 0 saturated carbocycles. The van der Waals surface area contributed by atoms with Gasteiger partial charge in [0.15, 0.2) is 10.6 Å². The first kappa shape index (κ1) is 16.9. The number of halogens is 3. The van der Waals surface area contributed by atoms with Gasteiger partial charge < -0.3 is 13.7 Å². The Kier molecular flexibility index (Phi) is 5.96. The van der Waals surface area contributed by atoms with Crippen LogP contribution in [0, 0.1) is 0 Å². The smallest absolute Gasteiger partial charge is 0.401 e. The van der Waals surface area contributed by atoms with Gasteiger partial charge in [0.1, 0.15) is 0 Å². The summed E-state index contributed by atoms with van der Waals surface area (Å²) in [7, 11) is 0.338. The summed E-state index contributed by atoms with van der Waals surface area (Å²) in [6, 6.07) is 0. The summed E-state index contributed by atoms with van der Waals surface area (Å²) in [5.41, 5.74) is 0. The van der Waals surface area contributed by atoms with Gasteiger partial charge in [-0.2, -0.15) is 17.2 Å². The van der Waals surface area contributed by atoms with Crippen LogP contribution < -0.4 is 8.92 Å². The molecule has 20 heavy (non-hydrogen) atoms. The van der Waals surface area contributed by atoms with Crippen molar-refractivity contribution in [3.8, 4) is 11.5 Å². The Hall–Kier alpha value is -1.13. The second kappa shape index (κ2) is 7.04. The van der Waals surface area contributed by atoms with E-state index in [9.17, 15) is 22.0 Å². The van der Waals surface area contributed by atoms with Crippen molar-refractivity contribution in [2.24, 2.45) is 0 Å². The van der Waals surface area contributed by atoms with Crippen molar-refractivity contribution in [3.05, 3.63) is 10.3 Å². The van der Waals surface area contributed by atoms with Gasteiger partial charge in [0, 0.05) is 5.38 Å². The van der Waals surface area contributed by atoms with Gasteiger partial charge >= 0.3 is 21.9 Å². The van der Waals surface area contributed by atoms with Crippen molar-refractivity contribution in [3.63, 3.8) is 0 Å². The van der Waals surface area contributed by atoms with E-state index in [-0.39, 0.29) is 11.5 Å². The predicted molar refractivity (Wildman–Crippen MR) is 66.9 cm³/mol. The van der Waals surface area contributed by atoms with Crippen LogP contribution in [0.25, 0.3) is 0 Å². The maximum absolute atomic E-state index is 12.2. The zero-order chi connectivity index (χ0) is 15.3. The molecule has 0 aromatic carbocycles. The first-order chi connectivity index (χ1) is 9.24. The second-order valence-corrected chi connectivity index (χ2v) is 6.22. The number of hydrogen-bond donors (Lipinski definition) is 0. The third-order valence-electron chi connectivity index (χ3n) is 1.74. The summed E-state index contributed by atoms with van der Waals surface area (Å²) >= 11 is 0.636. The van der Waals surface area contributed by atoms with Crippen LogP contribution in [0.5, 0.6) is 11.5 Å². The van der Waals surface area contributed by atoms with Crippen molar-refractivity contribution in [1.82, 2.24) is 0 Å². The summed E-state index contributed by atoms with van der Waals surface area (Å²) < 4.78 is 59.2. The number of carbonyl (C=O) groups excluding carboxylic acids is 1. The van der Waals surface area contributed by atoms with Crippen LogP contribution in [0.3, 0.4) is 0 Å². The standard InChI is InChI=1S/C9H9ClF2O6S2/c1-2-3-16-8(13)7-6(18-20(10,14)15)5(4-19-7)17-9(11)12/h4,9H,2-3H2,1H3. The number of ether oxygens (including phenoxy) is 2. The number of esters is 1. The first-order valence-corrected chi connectivity index (χ1v) is 8.23. The van der Waals surface area contributed by atoms with E-state index in [1.807, 2.05) is 0 Å². The van der Waals surface area contributed by atoms with Gasteiger partial charge in [-0.05, 0) is 6.42 Å². The molecule has 0 aliphatic rings. The summed E-state index contributed by atoms with van der Waals surface area (Å²) in [6.45, 7) is -1.40. The molecule has 0 N–H and O–H groups in total. The lowest BCUT2D eigenvalue weighted by Gasteiger charge is -2.07. The van der Waals surface area contributed by atoms with Crippen molar-refractivity contribution in [2.45, 2.75) is 20.0 Å². The van der Waals surface area contributed by atoms with Crippen molar-refractivity contribution >= 4 is 37.3 Å². The summed E-state index contributed by atoms with van der Waals surface area (Å²) in [4.78, 5) is 11.3. The van der Waals surface area contributed by atoms with E-state index in [2.05, 4.69) is 8.92 Å². The molecule has 0 radical (unpaired) electrons. The molecular formula is C9H9ClF2O6S2. The van der Waals surface area contributed by atoms with Crippen LogP contribution in [-0.2, 0) is 14.1 Å². The van der Waals surface area contributed by atoms with Gasteiger partial charge in [0.2, 0.25) is 5.75 Å². The molecule has 1 aromatic rings. The Morgan fingerprint density at radius 3 is 2.65 bits per heavy atom. The van der Waals surface area contributed by atoms with Crippen LogP contribution in [0.4, 0.5) is 8.78 Å². The molecule has 0 saturated heterocycles. The minimum absolute atomic E-state index is 0.0782. The van der Waals surface area contributed by atoms with Crippen molar-refractivity contribution in [2.75, 3.05) is 6.61 Å². The fourth-order valence-electron chi connectivity index (χ4n) is 1.09. The van der Waals surface area contributed by atoms with Crippen molar-refractivity contribution < 1.29 is 35.6 Å². The lowest BCUT2D eigenvalue weighted by Crippen LogP contribution is -2.10. The molecule has 1 aromatic heterocycles. The summed E-state index contributed by atoms with van der Waals surface area (Å²) in [6.07, 6.45) is 0.529. The average Bonchev–Trinajstić information content (AvgIpc) is 2.66. The Labute approximate surface area is 121 Å². The minimum atomic E-state index is -4.54. The fourth-order valence-corrected chi connectivity index (χ4v) is 2.49. The van der Waals surface area contributed by atoms with Gasteiger partial charge in [-0.1, -0.05) is 6.92 Å². The Balaban J connectivity index is 3.10. The van der Waals surface area contributed by atoms with Gasteiger partial charge in [0.25, 0.3) is 0 Å². The van der Waals surface area contributed by atoms with E-state index >= 15 is 0 Å². The quantitative estimate of drug-likeness (QED) is 0.555. The highest BCUT2D eigenvalue weighted by molar-refractivity contribution is 8.10. The SMILES string of the molecule is CCCOC(=O)c1scc(OC(F)F)c1OS(=O)(=O)Cl. The van der Waals surface area contributed by atoms with Crippen LogP contribution in [0.2, 0.25) is 0 Å². The molecule has 0 unspecified atom stereocenters. The highest BCUT2D eigenvalue weighted by atomic mass is 35.7. The number of rotatable bonds is 7. The fraction of sp³-hybridized carbons (Fsp3) is 0.444. The zero-order valence-electron chi connectivity index (χ0n) is 9.97. The third-order valence-corrected chi connectivity index (χ3v) is 3.21. The normalized spacial score (nSPS) is 11.4. The van der Waals surface area contributed by atoms with Gasteiger partial charge in [-0.3, -0.25) is 0 Å². The molecule has 0 aliphatic heterocycles. The van der Waals surface area contributed by atoms with Gasteiger partial charge in [-0.15, -0.1) is 11.3 Å². The van der Waals surface area contributed by atoms with E-state index in [1.165, 1.54) is 0 Å². The molecule has 6 nitrogen and oxygen atoms in total. The Morgan fingerprint density at radius 2 is 2.15 bits per heavy atom. The van der Waals surface area contributed by atoms with E-state index in [4.69, 9.17) is 15.4 Å². The van der Waals surface area contributed by atoms with E-state index in [0.717, 1.165) is 5.38 Å². The van der Waals surface area contributed by atoms with E-state index < -0.39 is 33.4 Å². The molecule has 0 bridgehead atoms. The van der Waals surface area contributed by atoms with Crippen LogP contribution in [0.1, 0.15) is 23.0 Å². The van der Waals surface area contributed by atoms with Crippen molar-refractivity contribution in [1.29, 1.82) is 0 Å². The summed E-state index contributed by atoms with van der Waals surface area (Å²) in [5, 5.41) is 0.992. The number of carbonyl (C=O) groups is 1. The minimum Gasteiger partial charge on any atom is -0.461 e. The van der Waals surface area contributed by atoms with Crippen LogP contribution >= 0.6 is 22.0 Å². The van der Waals surface area contributed by atoms with Gasteiger partial charge in [0.05, 0.1) is 17.3 Å². The molecule has 0 fully saturated rings. The van der Waals surface area contributed by atoms with E-state index in [1.54, 1.807) is 6.92 Å². The average molecular weight is 351 g/mol. The Bertz CT molecular complexity index is 571. The maximum atomic E-state index is 12.2. The molecule has 0 aliphatic carbocycles. The van der Waals surface area contributed by atoms with E-state index in [0.29, 0.717) is 17.8 Å². The highest BCUT2D eigenvalue weighted by Gasteiger charge is 2.27. The lowest BCUT2D eigenvalue weighted by molar-refractivity contribution is -0.0504. The molecule has 0 atom stereocenters. The lowest BCUT2D eigenvalue weighted by atomic mass is 10.4. The molecule has 0 spiro atoms. The molecule has 114 valence electrons. The topological polar surface area (TPSA) is 78.9 Å². The second-order valence-electron chi connectivity index (χ2n) is 3.25. The van der Waals surface area contributed by atoms with Crippen LogP contribution in [-0.4, -0.2) is 27.6 Å². The third kappa shape index (κ3) is 5.10.